The van der Waals surface area contributed by atoms with Crippen LogP contribution in [-0.4, -0.2) is 284 Å². The van der Waals surface area contributed by atoms with E-state index in [1.54, 1.807) is 6.92 Å². The Morgan fingerprint density at radius 1 is 0.845 bits per heavy atom. The number of methoxy groups -OCH3 is 2. The van der Waals surface area contributed by atoms with Crippen LogP contribution in [0.25, 0.3) is 0 Å². The van der Waals surface area contributed by atoms with Crippen molar-refractivity contribution in [1.29, 1.82) is 0 Å². The Balaban J connectivity index is 1.83. The average Bonchev–Trinajstić information content (AvgIpc) is 0.786. The van der Waals surface area contributed by atoms with E-state index in [0.717, 1.165) is 62.8 Å². The van der Waals surface area contributed by atoms with Crippen molar-refractivity contribution in [2.45, 2.75) is 230 Å². The SMILES string of the molecule is C/C=C(\NC(=O)[C@@H](NC(=O)CNC(=O)C(C)(O)C(O)/C=C\C(C)=C\C(C)CC)[C@@H](C)O)C(=O)N[C@H](C(=O)N[C@H]1C(=O)N[C@H](COC)C(=O)NCC(=O)N[C@@H](C)C(=O)N(C)[C@@H]([C@@H](C)O)C(=O)N[C@H]([C@H](OC)c2ccc(O[C@H]3O[C@H](C)[C@@H](O)[C@H](O)[C@@H]3O)cc2)C(=O)N2CC[C@H](Cl)C[C@H]2C(=O)O[C@@H]1C(C)C)[C@@H](C)[C@@H](C)C(N)=O. The number of nitrogens with one attached hydrogen (secondary N) is 9. The quantitative estimate of drug-likeness (QED) is 0.0163. The van der Waals surface area contributed by atoms with Gasteiger partial charge < -0.3 is 123 Å². The number of esters is 1. The van der Waals surface area contributed by atoms with Crippen LogP contribution >= 0.6 is 11.6 Å². The number of cyclic esters (lactones) is 1. The summed E-state index contributed by atoms with van der Waals surface area (Å²) in [7, 11) is 3.43. The Labute approximate surface area is 643 Å². The minimum atomic E-state index is -2.47. The molecular weight excluding hydrogens is 1470 g/mol. The first kappa shape index (κ1) is 93.6. The molecule has 3 heterocycles. The van der Waals surface area contributed by atoms with E-state index in [1.807, 2.05) is 19.9 Å². The molecule has 3 aliphatic rings. The zero-order valence-electron chi connectivity index (χ0n) is 64.7. The lowest BCUT2D eigenvalue weighted by Gasteiger charge is -2.41. The Hall–Kier alpha value is -8.76. The highest BCUT2D eigenvalue weighted by Crippen LogP contribution is 2.32. The number of piperidine rings is 1. The summed E-state index contributed by atoms with van der Waals surface area (Å²) in [5.74, 6) is -18.6. The van der Waals surface area contributed by atoms with Crippen molar-refractivity contribution in [2.75, 3.05) is 47.5 Å². The molecule has 3 unspecified atom stereocenters. The van der Waals surface area contributed by atoms with Gasteiger partial charge in [-0.1, -0.05) is 90.0 Å². The third-order valence-corrected chi connectivity index (χ3v) is 19.7. The van der Waals surface area contributed by atoms with E-state index in [4.69, 9.17) is 41.0 Å². The fraction of sp³-hybridized carbons (Fsp3) is 0.653. The highest BCUT2D eigenvalue weighted by molar-refractivity contribution is 6.21. The lowest BCUT2D eigenvalue weighted by atomic mass is 9.87. The number of aliphatic hydroxyl groups is 7. The Morgan fingerprint density at radius 2 is 1.48 bits per heavy atom. The number of hydrogen-bond donors (Lipinski definition) is 17. The Bertz CT molecular complexity index is 3510. The highest BCUT2D eigenvalue weighted by Gasteiger charge is 2.49. The number of allylic oxidation sites excluding steroid dienone is 4. The summed E-state index contributed by atoms with van der Waals surface area (Å²) in [6.07, 6.45) is -9.81. The Kier molecular flexibility index (Phi) is 36.3. The van der Waals surface area contributed by atoms with Crippen LogP contribution in [-0.2, 0) is 81.3 Å². The predicted octanol–water partition coefficient (Wildman–Crippen LogP) is -4.41. The molecule has 0 aliphatic carbocycles. The molecule has 38 heteroatoms. The smallest absolute Gasteiger partial charge is 0.329 e. The van der Waals surface area contributed by atoms with Crippen molar-refractivity contribution in [3.63, 3.8) is 0 Å². The molecular formula is C72H111ClN12O25. The van der Waals surface area contributed by atoms with E-state index in [1.165, 1.54) is 92.0 Å². The number of amides is 12. The number of nitrogens with two attached hydrogens (primary N) is 1. The maximum Gasteiger partial charge on any atom is 0.329 e. The molecule has 4 rings (SSSR count). The summed E-state index contributed by atoms with van der Waals surface area (Å²) in [6, 6.07) is -9.33. The molecule has 110 heavy (non-hydrogen) atoms. The molecule has 3 fully saturated rings. The zero-order valence-corrected chi connectivity index (χ0v) is 65.4. The maximum atomic E-state index is 15.7. The van der Waals surface area contributed by atoms with Gasteiger partial charge in [-0.15, -0.1) is 11.6 Å². The summed E-state index contributed by atoms with van der Waals surface area (Å²) in [6.45, 7) is 15.6. The number of fused-ring (bicyclic) bond motifs is 1. The van der Waals surface area contributed by atoms with Crippen LogP contribution in [0.5, 0.6) is 5.75 Å². The van der Waals surface area contributed by atoms with Crippen LogP contribution in [0, 0.1) is 23.7 Å². The number of halogens is 1. The number of primary amides is 1. The minimum absolute atomic E-state index is 0.00329. The van der Waals surface area contributed by atoms with Crippen molar-refractivity contribution in [3.05, 3.63) is 65.4 Å². The van der Waals surface area contributed by atoms with Gasteiger partial charge in [0.2, 0.25) is 65.4 Å². The lowest BCUT2D eigenvalue weighted by molar-refractivity contribution is -0.268. The summed E-state index contributed by atoms with van der Waals surface area (Å²) in [4.78, 5) is 188. The van der Waals surface area contributed by atoms with Crippen molar-refractivity contribution in [3.8, 4) is 5.75 Å². The number of hydrogen-bond acceptors (Lipinski definition) is 25. The standard InChI is InChI=1S/C72H111ClN12O25/c1-17-33(5)27-34(6)19-24-47(88)72(13,105)71(104)76-30-49(90)80-51(38(10)86)64(98)78-44(18-2)62(96)81-50(35(7)36(8)60(74)94)63(97)82-52-58(32(3)4)110-69(103)46-28-42(73)25-26-85(46)68(102)53(59(107-16)41-20-22-43(23-21-41)109-70-57(93)56(92)55(91)40(12)108-70)83-66(100)54(39(11)87)84(14)67(101)37(9)77-48(89)29-75-61(95)45(31-106-15)79-65(52)99/h18-24,27,32-33,35-40,42,45-47,50-59,70,86-88,91-93,105H,17,25-26,28-31H2,1-16H3,(H2,74,94)(H,75,95)(H,76,104)(H,77,89)(H,78,98)(H,79,99)(H,80,90)(H,81,96)(H,82,97)(H,83,100)/b24-19-,34-27+,44-18-/t33?,35-,36+,37-,38+,39+,40+,42-,45+,46-,47?,50-,51-,52+,53+,54-,55+,56-,57-,58+,59+,70+,72?/m0/s1. The first-order valence-electron chi connectivity index (χ1n) is 36.0. The highest BCUT2D eigenvalue weighted by atomic mass is 35.5. The molecule has 0 bridgehead atoms. The summed E-state index contributed by atoms with van der Waals surface area (Å²) < 4.78 is 28.9. The van der Waals surface area contributed by atoms with Crippen molar-refractivity contribution >= 4 is 88.5 Å². The largest absolute Gasteiger partial charge is 0.462 e. The fourth-order valence-corrected chi connectivity index (χ4v) is 12.4. The van der Waals surface area contributed by atoms with Crippen LogP contribution in [0.1, 0.15) is 121 Å². The summed E-state index contributed by atoms with van der Waals surface area (Å²) >= 11 is 6.81. The normalized spacial score (nSPS) is 27.8. The van der Waals surface area contributed by atoms with Crippen LogP contribution < -0.4 is 58.3 Å². The second-order valence-corrected chi connectivity index (χ2v) is 29.0. The van der Waals surface area contributed by atoms with Gasteiger partial charge in [-0.25, -0.2) is 4.79 Å². The average molecular weight is 1580 g/mol. The molecule has 23 atom stereocenters. The van der Waals surface area contributed by atoms with E-state index in [0.29, 0.717) is 0 Å². The second-order valence-electron chi connectivity index (χ2n) is 28.4. The molecule has 1 aromatic carbocycles. The molecule has 18 N–H and O–H groups in total. The molecule has 0 spiro atoms. The summed E-state index contributed by atoms with van der Waals surface area (Å²) in [5.41, 5.74) is 3.51. The van der Waals surface area contributed by atoms with E-state index in [9.17, 15) is 78.9 Å². The molecule has 0 aromatic heterocycles. The predicted molar refractivity (Wildman–Crippen MR) is 392 cm³/mol. The number of likely N-dealkylation sites (N-methyl/N-ethyl adjacent to an activating group) is 1. The van der Waals surface area contributed by atoms with Gasteiger partial charge in [-0.2, -0.15) is 0 Å². The van der Waals surface area contributed by atoms with E-state index >= 15 is 19.2 Å². The number of carbonyl (C=O) groups excluding carboxylic acids is 13. The first-order chi connectivity index (χ1) is 51.4. The topological polar surface area (TPSA) is 550 Å². The monoisotopic (exact) mass is 1580 g/mol. The molecule has 3 saturated heterocycles. The van der Waals surface area contributed by atoms with Crippen molar-refractivity contribution < 1.29 is 122 Å². The third-order valence-electron chi connectivity index (χ3n) is 19.3. The van der Waals surface area contributed by atoms with Gasteiger partial charge in [-0.05, 0) is 96.8 Å². The van der Waals surface area contributed by atoms with E-state index < -0.39 is 241 Å². The van der Waals surface area contributed by atoms with Gasteiger partial charge >= 0.3 is 5.97 Å². The molecule has 616 valence electrons. The molecule has 0 saturated carbocycles. The third kappa shape index (κ3) is 25.4. The molecule has 37 nitrogen and oxygen atoms in total. The molecule has 0 radical (unpaired) electrons. The van der Waals surface area contributed by atoms with Gasteiger partial charge in [-0.3, -0.25) is 57.5 Å². The molecule has 3 aliphatic heterocycles. The van der Waals surface area contributed by atoms with Crippen LogP contribution in [0.4, 0.5) is 0 Å². The second kappa shape index (κ2) is 42.6. The van der Waals surface area contributed by atoms with Crippen molar-refractivity contribution in [2.24, 2.45) is 29.4 Å². The van der Waals surface area contributed by atoms with Gasteiger partial charge in [0.05, 0.1) is 38.0 Å². The molecule has 1 aromatic rings. The first-order valence-corrected chi connectivity index (χ1v) is 36.5. The number of aliphatic hydroxyl groups excluding tert-OH is 6. The van der Waals surface area contributed by atoms with Gasteiger partial charge in [0, 0.05) is 39.1 Å². The van der Waals surface area contributed by atoms with Crippen LogP contribution in [0.2, 0.25) is 0 Å². The van der Waals surface area contributed by atoms with Crippen LogP contribution in [0.3, 0.4) is 0 Å². The van der Waals surface area contributed by atoms with E-state index in [2.05, 4.69) is 47.9 Å². The van der Waals surface area contributed by atoms with Crippen molar-refractivity contribution in [1.82, 2.24) is 57.7 Å². The number of ether oxygens (including phenoxy) is 5. The van der Waals surface area contributed by atoms with Crippen LogP contribution in [0.15, 0.2) is 59.8 Å². The Morgan fingerprint density at radius 3 is 2.05 bits per heavy atom. The fourth-order valence-electron chi connectivity index (χ4n) is 12.1. The number of alkyl halides is 1. The zero-order chi connectivity index (χ0) is 83.3. The van der Waals surface area contributed by atoms with Gasteiger partial charge in [0.25, 0.3) is 11.8 Å². The molecule has 12 amide bonds. The number of rotatable bonds is 28. The summed E-state index contributed by atoms with van der Waals surface area (Å²) in [5, 5.41) is 95.5. The minimum Gasteiger partial charge on any atom is -0.462 e. The van der Waals surface area contributed by atoms with Gasteiger partial charge in [0.15, 0.2) is 5.60 Å². The van der Waals surface area contributed by atoms with E-state index in [-0.39, 0.29) is 36.6 Å². The van der Waals surface area contributed by atoms with Gasteiger partial charge in [0.1, 0.15) is 96.4 Å². The number of benzene rings is 1. The lowest BCUT2D eigenvalue weighted by Crippen LogP contribution is -2.65. The number of nitrogens with zero attached hydrogens (tertiary/aromatic N) is 2. The number of carbonyl (C=O) groups is 13. The maximum absolute atomic E-state index is 15.7.